The molecule has 1 N–H and O–H groups in total. The average Bonchev–Trinajstić information content (AvgIpc) is 3.19. The summed E-state index contributed by atoms with van der Waals surface area (Å²) in [6.07, 6.45) is 1.91. The number of amides is 1. The lowest BCUT2D eigenvalue weighted by Gasteiger charge is -2.22. The van der Waals surface area contributed by atoms with Crippen LogP contribution in [0.3, 0.4) is 0 Å². The maximum absolute atomic E-state index is 12.4. The van der Waals surface area contributed by atoms with Crippen LogP contribution >= 0.6 is 0 Å². The number of sulfonamides is 1. The van der Waals surface area contributed by atoms with Crippen LogP contribution < -0.4 is 9.62 Å². The molecule has 0 bridgehead atoms. The molecule has 1 heterocycles. The van der Waals surface area contributed by atoms with E-state index in [1.807, 2.05) is 50.2 Å². The molecule has 30 heavy (non-hydrogen) atoms. The van der Waals surface area contributed by atoms with E-state index in [-0.39, 0.29) is 19.0 Å². The van der Waals surface area contributed by atoms with E-state index >= 15 is 0 Å². The summed E-state index contributed by atoms with van der Waals surface area (Å²) in [5.74, 6) is 0.181. The average molecular weight is 429 g/mol. The van der Waals surface area contributed by atoms with Crippen LogP contribution in [0.2, 0.25) is 0 Å². The van der Waals surface area contributed by atoms with E-state index in [1.54, 1.807) is 12.1 Å². The van der Waals surface area contributed by atoms with Gasteiger partial charge in [0.1, 0.15) is 6.54 Å². The highest BCUT2D eigenvalue weighted by Gasteiger charge is 2.21. The van der Waals surface area contributed by atoms with Gasteiger partial charge in [-0.05, 0) is 31.0 Å². The molecule has 2 aromatic carbocycles. The number of hydrogen-bond donors (Lipinski definition) is 1. The van der Waals surface area contributed by atoms with Crippen molar-refractivity contribution in [2.75, 3.05) is 17.1 Å². The van der Waals surface area contributed by atoms with Gasteiger partial charge in [-0.3, -0.25) is 9.10 Å². The molecule has 0 radical (unpaired) electrons. The Kier molecular flexibility index (Phi) is 6.51. The second kappa shape index (κ2) is 9.08. The summed E-state index contributed by atoms with van der Waals surface area (Å²) in [4.78, 5) is 16.6. The van der Waals surface area contributed by atoms with Crippen molar-refractivity contribution in [1.82, 2.24) is 15.5 Å². The Morgan fingerprint density at radius 2 is 1.77 bits per heavy atom. The van der Waals surface area contributed by atoms with Gasteiger partial charge >= 0.3 is 0 Å². The Hall–Kier alpha value is -3.20. The standard InChI is InChI=1S/C21H24N4O4S/c1-4-16-7-11-18(12-8-16)25(30(3,27)28)14-19(26)22-13-20-23-21(24-29-20)17-9-5-15(2)6-10-17/h5-12H,4,13-14H2,1-3H3,(H,22,26). The Balaban J connectivity index is 1.64. The van der Waals surface area contributed by atoms with Crippen LogP contribution in [-0.2, 0) is 27.8 Å². The predicted molar refractivity (Wildman–Crippen MR) is 114 cm³/mol. The summed E-state index contributed by atoms with van der Waals surface area (Å²) in [5.41, 5.74) is 3.44. The van der Waals surface area contributed by atoms with E-state index in [1.165, 1.54) is 0 Å². The van der Waals surface area contributed by atoms with Crippen LogP contribution in [0.1, 0.15) is 23.9 Å². The van der Waals surface area contributed by atoms with E-state index in [4.69, 9.17) is 4.52 Å². The van der Waals surface area contributed by atoms with Crippen LogP contribution in [0.15, 0.2) is 53.1 Å². The highest BCUT2D eigenvalue weighted by molar-refractivity contribution is 7.92. The second-order valence-electron chi connectivity index (χ2n) is 6.94. The second-order valence-corrected chi connectivity index (χ2v) is 8.85. The van der Waals surface area contributed by atoms with Crippen molar-refractivity contribution < 1.29 is 17.7 Å². The zero-order chi connectivity index (χ0) is 21.7. The van der Waals surface area contributed by atoms with Crippen LogP contribution in [0.4, 0.5) is 5.69 Å². The van der Waals surface area contributed by atoms with Crippen molar-refractivity contribution in [3.05, 3.63) is 65.5 Å². The van der Waals surface area contributed by atoms with Crippen LogP contribution in [0.5, 0.6) is 0 Å². The maximum Gasteiger partial charge on any atom is 0.246 e. The quantitative estimate of drug-likeness (QED) is 0.591. The van der Waals surface area contributed by atoms with Gasteiger partial charge in [0.15, 0.2) is 0 Å². The number of anilines is 1. The molecule has 1 amide bonds. The van der Waals surface area contributed by atoms with Gasteiger partial charge in [0, 0.05) is 5.56 Å². The predicted octanol–water partition coefficient (Wildman–Crippen LogP) is 2.69. The number of benzene rings is 2. The number of rotatable bonds is 8. The highest BCUT2D eigenvalue weighted by atomic mass is 32.2. The highest BCUT2D eigenvalue weighted by Crippen LogP contribution is 2.19. The molecule has 0 aliphatic rings. The number of carbonyl (C=O) groups is 1. The first-order chi connectivity index (χ1) is 14.3. The minimum absolute atomic E-state index is 0.00404. The monoisotopic (exact) mass is 428 g/mol. The molecule has 0 aliphatic heterocycles. The fraction of sp³-hybridized carbons (Fsp3) is 0.286. The van der Waals surface area contributed by atoms with Crippen molar-refractivity contribution in [2.45, 2.75) is 26.8 Å². The van der Waals surface area contributed by atoms with Crippen molar-refractivity contribution in [3.63, 3.8) is 0 Å². The molecular formula is C21H24N4O4S. The molecule has 8 nitrogen and oxygen atoms in total. The summed E-state index contributed by atoms with van der Waals surface area (Å²) in [6.45, 7) is 3.66. The van der Waals surface area contributed by atoms with Gasteiger partial charge in [-0.1, -0.05) is 54.0 Å². The first-order valence-electron chi connectivity index (χ1n) is 9.49. The lowest BCUT2D eigenvalue weighted by atomic mass is 10.1. The third-order valence-electron chi connectivity index (χ3n) is 4.53. The van der Waals surface area contributed by atoms with E-state index < -0.39 is 15.9 Å². The maximum atomic E-state index is 12.4. The first-order valence-corrected chi connectivity index (χ1v) is 11.3. The molecule has 0 fully saturated rings. The Bertz CT molecular complexity index is 1110. The van der Waals surface area contributed by atoms with Gasteiger partial charge in [-0.15, -0.1) is 0 Å². The summed E-state index contributed by atoms with van der Waals surface area (Å²) >= 11 is 0. The minimum atomic E-state index is -3.63. The van der Waals surface area contributed by atoms with Gasteiger partial charge in [-0.25, -0.2) is 8.42 Å². The van der Waals surface area contributed by atoms with Gasteiger partial charge < -0.3 is 9.84 Å². The number of carbonyl (C=O) groups excluding carboxylic acids is 1. The lowest BCUT2D eigenvalue weighted by Crippen LogP contribution is -2.40. The molecule has 0 atom stereocenters. The Labute approximate surface area is 176 Å². The number of nitrogens with zero attached hydrogens (tertiary/aromatic N) is 3. The summed E-state index contributed by atoms with van der Waals surface area (Å²) in [6, 6.07) is 14.7. The zero-order valence-electron chi connectivity index (χ0n) is 17.1. The fourth-order valence-electron chi connectivity index (χ4n) is 2.81. The SMILES string of the molecule is CCc1ccc(N(CC(=O)NCc2nc(-c3ccc(C)cc3)no2)S(C)(=O)=O)cc1. The Morgan fingerprint density at radius 3 is 2.37 bits per heavy atom. The molecule has 0 spiro atoms. The van der Waals surface area contributed by atoms with Gasteiger partial charge in [0.25, 0.3) is 0 Å². The van der Waals surface area contributed by atoms with E-state index in [0.717, 1.165) is 33.7 Å². The molecule has 3 aromatic rings. The molecule has 0 aliphatic carbocycles. The first kappa shape index (κ1) is 21.5. The molecule has 0 unspecified atom stereocenters. The van der Waals surface area contributed by atoms with Gasteiger partial charge in [-0.2, -0.15) is 4.98 Å². The molecule has 0 saturated heterocycles. The van der Waals surface area contributed by atoms with E-state index in [2.05, 4.69) is 15.5 Å². The van der Waals surface area contributed by atoms with Crippen molar-refractivity contribution in [2.24, 2.45) is 0 Å². The lowest BCUT2D eigenvalue weighted by molar-refractivity contribution is -0.119. The fourth-order valence-corrected chi connectivity index (χ4v) is 3.66. The molecule has 9 heteroatoms. The molecular weight excluding hydrogens is 404 g/mol. The molecule has 0 saturated carbocycles. The Morgan fingerprint density at radius 1 is 1.10 bits per heavy atom. The van der Waals surface area contributed by atoms with Crippen LogP contribution in [0.25, 0.3) is 11.4 Å². The molecule has 158 valence electrons. The van der Waals surface area contributed by atoms with Crippen molar-refractivity contribution in [1.29, 1.82) is 0 Å². The topological polar surface area (TPSA) is 105 Å². The van der Waals surface area contributed by atoms with Crippen molar-refractivity contribution >= 4 is 21.6 Å². The van der Waals surface area contributed by atoms with Crippen molar-refractivity contribution in [3.8, 4) is 11.4 Å². The molecule has 3 rings (SSSR count). The smallest absolute Gasteiger partial charge is 0.246 e. The van der Waals surface area contributed by atoms with E-state index in [9.17, 15) is 13.2 Å². The normalized spacial score (nSPS) is 11.3. The number of hydrogen-bond acceptors (Lipinski definition) is 6. The largest absolute Gasteiger partial charge is 0.345 e. The van der Waals surface area contributed by atoms with Crippen LogP contribution in [-0.4, -0.2) is 37.3 Å². The van der Waals surface area contributed by atoms with Crippen LogP contribution in [0, 0.1) is 6.92 Å². The number of aryl methyl sites for hydroxylation is 2. The number of aromatic nitrogens is 2. The third-order valence-corrected chi connectivity index (χ3v) is 5.68. The minimum Gasteiger partial charge on any atom is -0.345 e. The zero-order valence-corrected chi connectivity index (χ0v) is 17.9. The van der Waals surface area contributed by atoms with Gasteiger partial charge in [0.2, 0.25) is 27.6 Å². The van der Waals surface area contributed by atoms with Gasteiger partial charge in [0.05, 0.1) is 18.5 Å². The summed E-state index contributed by atoms with van der Waals surface area (Å²) in [5, 5.41) is 6.54. The number of nitrogens with one attached hydrogen (secondary N) is 1. The third kappa shape index (κ3) is 5.44. The molecule has 1 aromatic heterocycles. The summed E-state index contributed by atoms with van der Waals surface area (Å²) in [7, 11) is -3.63. The van der Waals surface area contributed by atoms with E-state index in [0.29, 0.717) is 11.5 Å². The summed E-state index contributed by atoms with van der Waals surface area (Å²) < 4.78 is 30.6.